The first-order valence-corrected chi connectivity index (χ1v) is 8.45. The quantitative estimate of drug-likeness (QED) is 0.669. The molecule has 21 heavy (non-hydrogen) atoms. The molecule has 0 aromatic heterocycles. The Kier molecular flexibility index (Phi) is 4.11. The third kappa shape index (κ3) is 2.88. The van der Waals surface area contributed by atoms with Crippen LogP contribution >= 0.6 is 23.2 Å². The lowest BCUT2D eigenvalue weighted by atomic mass is 9.49. The molecule has 3 heteroatoms. The van der Waals surface area contributed by atoms with Crippen LogP contribution in [0, 0.1) is 17.3 Å². The first-order valence-electron chi connectivity index (χ1n) is 7.69. The van der Waals surface area contributed by atoms with E-state index in [0.29, 0.717) is 15.5 Å². The molecule has 0 heterocycles. The highest BCUT2D eigenvalue weighted by Crippen LogP contribution is 2.59. The van der Waals surface area contributed by atoms with Crippen LogP contribution in [0.25, 0.3) is 0 Å². The summed E-state index contributed by atoms with van der Waals surface area (Å²) < 4.78 is 0. The predicted molar refractivity (Wildman–Crippen MR) is 90.9 cm³/mol. The Balaban J connectivity index is 1.63. The fourth-order valence-electron chi connectivity index (χ4n) is 3.97. The standard InChI is InChI=1S/C18H23Cl2N/c1-18(2)14-6-5-13(15(18)9-14)11-21(3)10-12-4-7-16(19)17(20)8-12/h4-5,7-8,14-15H,6,9-11H2,1-3H3/t14-,15-/m0/s1. The fourth-order valence-corrected chi connectivity index (χ4v) is 4.29. The van der Waals surface area contributed by atoms with Crippen molar-refractivity contribution in [2.45, 2.75) is 33.2 Å². The minimum atomic E-state index is 0.508. The number of allylic oxidation sites excluding steroid dienone is 1. The molecule has 114 valence electrons. The van der Waals surface area contributed by atoms with Gasteiger partial charge in [-0.3, -0.25) is 4.90 Å². The van der Waals surface area contributed by atoms with E-state index >= 15 is 0 Å². The molecular formula is C18H23Cl2N. The van der Waals surface area contributed by atoms with Crippen LogP contribution in [0.3, 0.4) is 0 Å². The molecule has 0 amide bonds. The van der Waals surface area contributed by atoms with Crippen molar-refractivity contribution in [2.24, 2.45) is 17.3 Å². The largest absolute Gasteiger partial charge is 0.298 e. The Morgan fingerprint density at radius 2 is 1.95 bits per heavy atom. The van der Waals surface area contributed by atoms with Crippen LogP contribution in [0.5, 0.6) is 0 Å². The van der Waals surface area contributed by atoms with E-state index in [-0.39, 0.29) is 0 Å². The van der Waals surface area contributed by atoms with E-state index in [0.717, 1.165) is 24.9 Å². The van der Waals surface area contributed by atoms with E-state index in [1.54, 1.807) is 5.57 Å². The van der Waals surface area contributed by atoms with Crippen LogP contribution in [0.4, 0.5) is 0 Å². The first kappa shape index (κ1) is 15.4. The second-order valence-corrected chi connectivity index (χ2v) is 8.06. The summed E-state index contributed by atoms with van der Waals surface area (Å²) in [5, 5.41) is 1.27. The van der Waals surface area contributed by atoms with E-state index in [4.69, 9.17) is 23.2 Å². The predicted octanol–water partition coefficient (Wildman–Crippen LogP) is 5.42. The zero-order chi connectivity index (χ0) is 15.2. The average Bonchev–Trinajstić information content (AvgIpc) is 2.42. The molecule has 0 N–H and O–H groups in total. The van der Waals surface area contributed by atoms with Crippen molar-refractivity contribution < 1.29 is 0 Å². The fraction of sp³-hybridized carbons (Fsp3) is 0.556. The summed E-state index contributed by atoms with van der Waals surface area (Å²) in [5.74, 6) is 1.69. The smallest absolute Gasteiger partial charge is 0.0595 e. The second kappa shape index (κ2) is 5.61. The SMILES string of the molecule is CN(CC1=CC[C@H]2C[C@@H]1C2(C)C)Cc1ccc(Cl)c(Cl)c1. The molecule has 0 spiro atoms. The van der Waals surface area contributed by atoms with Crippen molar-refractivity contribution in [3.05, 3.63) is 45.5 Å². The van der Waals surface area contributed by atoms with Gasteiger partial charge in [0.25, 0.3) is 0 Å². The van der Waals surface area contributed by atoms with Gasteiger partial charge in [-0.05, 0) is 54.8 Å². The second-order valence-electron chi connectivity index (χ2n) is 7.24. The normalized spacial score (nSPS) is 26.5. The van der Waals surface area contributed by atoms with E-state index in [1.165, 1.54) is 18.4 Å². The number of fused-ring (bicyclic) bond motifs is 1. The van der Waals surface area contributed by atoms with Gasteiger partial charge in [-0.25, -0.2) is 0 Å². The van der Waals surface area contributed by atoms with Crippen LogP contribution in [0.15, 0.2) is 29.8 Å². The van der Waals surface area contributed by atoms with Crippen LogP contribution in [0.2, 0.25) is 10.0 Å². The van der Waals surface area contributed by atoms with Crippen molar-refractivity contribution in [1.82, 2.24) is 4.90 Å². The lowest BCUT2D eigenvalue weighted by Gasteiger charge is -2.57. The van der Waals surface area contributed by atoms with Crippen LogP contribution in [-0.2, 0) is 6.54 Å². The number of halogens is 2. The summed E-state index contributed by atoms with van der Waals surface area (Å²) in [4.78, 5) is 2.38. The van der Waals surface area contributed by atoms with Crippen LogP contribution < -0.4 is 0 Å². The highest BCUT2D eigenvalue weighted by molar-refractivity contribution is 6.42. The van der Waals surface area contributed by atoms with E-state index < -0.39 is 0 Å². The third-order valence-electron chi connectivity index (χ3n) is 5.47. The molecule has 3 aliphatic carbocycles. The van der Waals surface area contributed by atoms with Gasteiger partial charge in [0.15, 0.2) is 0 Å². The highest BCUT2D eigenvalue weighted by atomic mass is 35.5. The molecule has 1 fully saturated rings. The molecule has 3 aliphatic rings. The third-order valence-corrected chi connectivity index (χ3v) is 6.21. The van der Waals surface area contributed by atoms with E-state index in [2.05, 4.69) is 37.9 Å². The van der Waals surface area contributed by atoms with Crippen molar-refractivity contribution >= 4 is 23.2 Å². The maximum Gasteiger partial charge on any atom is 0.0595 e. The van der Waals surface area contributed by atoms with Crippen molar-refractivity contribution in [2.75, 3.05) is 13.6 Å². The Morgan fingerprint density at radius 3 is 2.57 bits per heavy atom. The minimum absolute atomic E-state index is 0.508. The molecule has 0 radical (unpaired) electrons. The Bertz CT molecular complexity index is 577. The number of likely N-dealkylation sites (N-methyl/N-ethyl adjacent to an activating group) is 1. The highest BCUT2D eigenvalue weighted by Gasteiger charge is 2.50. The average molecular weight is 324 g/mol. The van der Waals surface area contributed by atoms with Gasteiger partial charge in [0, 0.05) is 13.1 Å². The zero-order valence-corrected chi connectivity index (χ0v) is 14.5. The van der Waals surface area contributed by atoms with Crippen molar-refractivity contribution in [3.8, 4) is 0 Å². The van der Waals surface area contributed by atoms with Crippen LogP contribution in [-0.4, -0.2) is 18.5 Å². The van der Waals surface area contributed by atoms with Crippen LogP contribution in [0.1, 0.15) is 32.3 Å². The first-order chi connectivity index (χ1) is 9.88. The number of rotatable bonds is 4. The van der Waals surface area contributed by atoms with Crippen molar-refractivity contribution in [1.29, 1.82) is 0 Å². The number of hydrogen-bond donors (Lipinski definition) is 0. The Morgan fingerprint density at radius 1 is 1.19 bits per heavy atom. The molecule has 1 saturated carbocycles. The van der Waals surface area contributed by atoms with E-state index in [1.807, 2.05) is 12.1 Å². The zero-order valence-electron chi connectivity index (χ0n) is 13.0. The Labute approximate surface area is 137 Å². The molecule has 0 unspecified atom stereocenters. The van der Waals surface area contributed by atoms with Crippen molar-refractivity contribution in [3.63, 3.8) is 0 Å². The summed E-state index contributed by atoms with van der Waals surface area (Å²) in [6.45, 7) is 6.82. The number of hydrogen-bond acceptors (Lipinski definition) is 1. The lowest BCUT2D eigenvalue weighted by molar-refractivity contribution is -0.0101. The monoisotopic (exact) mass is 323 g/mol. The molecular weight excluding hydrogens is 301 g/mol. The molecule has 1 aromatic rings. The van der Waals surface area contributed by atoms with Gasteiger partial charge >= 0.3 is 0 Å². The van der Waals surface area contributed by atoms with Gasteiger partial charge in [-0.15, -0.1) is 0 Å². The summed E-state index contributed by atoms with van der Waals surface area (Å²) >= 11 is 12.1. The maximum atomic E-state index is 6.09. The van der Waals surface area contributed by atoms with Gasteiger partial charge in [0.2, 0.25) is 0 Å². The molecule has 1 aromatic carbocycles. The molecule has 2 atom stereocenters. The number of benzene rings is 1. The number of nitrogens with zero attached hydrogens (tertiary/aromatic N) is 1. The summed E-state index contributed by atoms with van der Waals surface area (Å²) in [6.07, 6.45) is 5.13. The van der Waals surface area contributed by atoms with Gasteiger partial charge in [0.05, 0.1) is 10.0 Å². The molecule has 0 aliphatic heterocycles. The lowest BCUT2D eigenvalue weighted by Crippen LogP contribution is -2.49. The van der Waals surface area contributed by atoms with E-state index in [9.17, 15) is 0 Å². The van der Waals surface area contributed by atoms with Gasteiger partial charge in [-0.2, -0.15) is 0 Å². The van der Waals surface area contributed by atoms with Gasteiger partial charge in [0.1, 0.15) is 0 Å². The van der Waals surface area contributed by atoms with Gasteiger partial charge in [-0.1, -0.05) is 54.8 Å². The Hall–Kier alpha value is -0.500. The summed E-state index contributed by atoms with van der Waals surface area (Å²) in [6, 6.07) is 5.91. The topological polar surface area (TPSA) is 3.24 Å². The maximum absolute atomic E-state index is 6.09. The minimum Gasteiger partial charge on any atom is -0.298 e. The molecule has 4 rings (SSSR count). The molecule has 2 bridgehead atoms. The molecule has 0 saturated heterocycles. The molecule has 1 nitrogen and oxygen atoms in total. The summed E-state index contributed by atoms with van der Waals surface area (Å²) in [5.41, 5.74) is 3.35. The summed E-state index contributed by atoms with van der Waals surface area (Å²) in [7, 11) is 2.18. The van der Waals surface area contributed by atoms with Gasteiger partial charge < -0.3 is 0 Å².